The number of ether oxygens (including phenoxy) is 2. The van der Waals surface area contributed by atoms with Gasteiger partial charge in [0.15, 0.2) is 0 Å². The molecule has 79 valence electrons. The normalized spacial score (nSPS) is 11.1. The molecule has 0 aliphatic rings. The third-order valence-corrected chi connectivity index (χ3v) is 1.46. The molecule has 0 heterocycles. The predicted molar refractivity (Wildman–Crippen MR) is 54.8 cm³/mol. The van der Waals surface area contributed by atoms with E-state index in [0.29, 0.717) is 19.3 Å². The first-order chi connectivity index (χ1) is 6.27. The standard InChI is InChI=1S/C10H22NO2/c1-4-6-12-8-9-13-7-5-11-10(2)3/h10-11H,1,4-9H2,2-3H3. The maximum atomic E-state index is 5.32. The highest BCUT2D eigenvalue weighted by atomic mass is 16.5. The minimum atomic E-state index is 0.533. The molecule has 0 aromatic carbocycles. The van der Waals surface area contributed by atoms with Crippen LogP contribution in [0.25, 0.3) is 0 Å². The monoisotopic (exact) mass is 188 g/mol. The van der Waals surface area contributed by atoms with Gasteiger partial charge in [0, 0.05) is 19.2 Å². The molecular weight excluding hydrogens is 166 g/mol. The minimum Gasteiger partial charge on any atom is -0.379 e. The van der Waals surface area contributed by atoms with Gasteiger partial charge in [0.05, 0.1) is 19.8 Å². The molecule has 0 aromatic heterocycles. The lowest BCUT2D eigenvalue weighted by molar-refractivity contribution is 0.0500. The SMILES string of the molecule is [CH2]CCOCCOCCNC(C)C. The van der Waals surface area contributed by atoms with Crippen LogP contribution in [0.3, 0.4) is 0 Å². The Morgan fingerprint density at radius 1 is 1.08 bits per heavy atom. The summed E-state index contributed by atoms with van der Waals surface area (Å²) in [7, 11) is 0. The maximum absolute atomic E-state index is 5.32. The fourth-order valence-electron chi connectivity index (χ4n) is 0.844. The number of rotatable bonds is 9. The second-order valence-electron chi connectivity index (χ2n) is 3.19. The van der Waals surface area contributed by atoms with Gasteiger partial charge in [-0.2, -0.15) is 0 Å². The van der Waals surface area contributed by atoms with Crippen molar-refractivity contribution in [2.24, 2.45) is 0 Å². The topological polar surface area (TPSA) is 30.5 Å². The van der Waals surface area contributed by atoms with Gasteiger partial charge >= 0.3 is 0 Å². The van der Waals surface area contributed by atoms with E-state index >= 15 is 0 Å². The summed E-state index contributed by atoms with van der Waals surface area (Å²) < 4.78 is 10.5. The van der Waals surface area contributed by atoms with Crippen molar-refractivity contribution >= 4 is 0 Å². The molecule has 0 saturated carbocycles. The highest BCUT2D eigenvalue weighted by Crippen LogP contribution is 1.81. The molecule has 1 radical (unpaired) electrons. The number of hydrogen-bond acceptors (Lipinski definition) is 3. The smallest absolute Gasteiger partial charge is 0.0701 e. The Morgan fingerprint density at radius 3 is 2.23 bits per heavy atom. The van der Waals surface area contributed by atoms with E-state index in [0.717, 1.165) is 26.2 Å². The van der Waals surface area contributed by atoms with Gasteiger partial charge in [0.1, 0.15) is 0 Å². The Labute approximate surface area is 81.8 Å². The predicted octanol–water partition coefficient (Wildman–Crippen LogP) is 1.24. The molecule has 0 aromatic rings. The van der Waals surface area contributed by atoms with Crippen LogP contribution in [0.1, 0.15) is 20.3 Å². The zero-order valence-electron chi connectivity index (χ0n) is 8.84. The van der Waals surface area contributed by atoms with Crippen LogP contribution in [0, 0.1) is 6.92 Å². The fourth-order valence-corrected chi connectivity index (χ4v) is 0.844. The van der Waals surface area contributed by atoms with Gasteiger partial charge in [-0.15, -0.1) is 0 Å². The van der Waals surface area contributed by atoms with E-state index in [9.17, 15) is 0 Å². The van der Waals surface area contributed by atoms with Gasteiger partial charge in [-0.3, -0.25) is 0 Å². The Kier molecular flexibility index (Phi) is 9.87. The molecule has 0 aliphatic carbocycles. The van der Waals surface area contributed by atoms with E-state index in [1.807, 2.05) is 0 Å². The molecule has 0 amide bonds. The van der Waals surface area contributed by atoms with Crippen molar-refractivity contribution in [1.29, 1.82) is 0 Å². The van der Waals surface area contributed by atoms with Crippen LogP contribution in [0.15, 0.2) is 0 Å². The van der Waals surface area contributed by atoms with Gasteiger partial charge in [-0.05, 0) is 6.42 Å². The average molecular weight is 188 g/mol. The summed E-state index contributed by atoms with van der Waals surface area (Å²) in [5.74, 6) is 0. The first kappa shape index (κ1) is 12.9. The van der Waals surface area contributed by atoms with Crippen LogP contribution < -0.4 is 5.32 Å². The maximum Gasteiger partial charge on any atom is 0.0701 e. The lowest BCUT2D eigenvalue weighted by Crippen LogP contribution is -2.27. The third kappa shape index (κ3) is 11.9. The van der Waals surface area contributed by atoms with Crippen LogP contribution in [0.4, 0.5) is 0 Å². The van der Waals surface area contributed by atoms with E-state index in [1.165, 1.54) is 0 Å². The summed E-state index contributed by atoms with van der Waals surface area (Å²) in [6, 6.07) is 0.533. The molecule has 0 fully saturated rings. The Balaban J connectivity index is 2.84. The highest BCUT2D eigenvalue weighted by Gasteiger charge is 1.91. The zero-order valence-corrected chi connectivity index (χ0v) is 8.84. The van der Waals surface area contributed by atoms with Crippen LogP contribution in [0.2, 0.25) is 0 Å². The van der Waals surface area contributed by atoms with E-state index in [4.69, 9.17) is 9.47 Å². The molecule has 13 heavy (non-hydrogen) atoms. The van der Waals surface area contributed by atoms with E-state index in [1.54, 1.807) is 0 Å². The van der Waals surface area contributed by atoms with Crippen LogP contribution in [0.5, 0.6) is 0 Å². The molecule has 0 saturated heterocycles. The largest absolute Gasteiger partial charge is 0.379 e. The quantitative estimate of drug-likeness (QED) is 0.552. The molecule has 0 aliphatic heterocycles. The summed E-state index contributed by atoms with van der Waals surface area (Å²) in [5, 5.41) is 3.27. The highest BCUT2D eigenvalue weighted by molar-refractivity contribution is 4.50. The number of hydrogen-bond donors (Lipinski definition) is 1. The van der Waals surface area contributed by atoms with E-state index in [2.05, 4.69) is 26.1 Å². The van der Waals surface area contributed by atoms with Gasteiger partial charge in [-0.1, -0.05) is 20.8 Å². The van der Waals surface area contributed by atoms with Gasteiger partial charge < -0.3 is 14.8 Å². The average Bonchev–Trinajstić information content (AvgIpc) is 2.09. The van der Waals surface area contributed by atoms with Crippen LogP contribution in [-0.4, -0.2) is 39.0 Å². The molecule has 3 nitrogen and oxygen atoms in total. The van der Waals surface area contributed by atoms with Crippen molar-refractivity contribution < 1.29 is 9.47 Å². The summed E-state index contributed by atoms with van der Waals surface area (Å²) in [6.45, 7) is 11.7. The summed E-state index contributed by atoms with van der Waals surface area (Å²) in [4.78, 5) is 0. The lowest BCUT2D eigenvalue weighted by atomic mass is 10.4. The first-order valence-electron chi connectivity index (χ1n) is 4.95. The van der Waals surface area contributed by atoms with Crippen LogP contribution in [-0.2, 0) is 9.47 Å². The molecule has 0 spiro atoms. The van der Waals surface area contributed by atoms with Gasteiger partial charge in [0.25, 0.3) is 0 Å². The Hall–Kier alpha value is -0.120. The van der Waals surface area contributed by atoms with Crippen molar-refractivity contribution in [1.82, 2.24) is 5.32 Å². The van der Waals surface area contributed by atoms with E-state index < -0.39 is 0 Å². The fraction of sp³-hybridized carbons (Fsp3) is 0.900. The van der Waals surface area contributed by atoms with Gasteiger partial charge in [0.2, 0.25) is 0 Å². The second kappa shape index (κ2) is 9.96. The second-order valence-corrected chi connectivity index (χ2v) is 3.19. The van der Waals surface area contributed by atoms with Crippen LogP contribution >= 0.6 is 0 Å². The Morgan fingerprint density at radius 2 is 1.69 bits per heavy atom. The summed E-state index contributed by atoms with van der Waals surface area (Å²) >= 11 is 0. The molecule has 0 bridgehead atoms. The zero-order chi connectivity index (χ0) is 9.94. The molecule has 0 unspecified atom stereocenters. The summed E-state index contributed by atoms with van der Waals surface area (Å²) in [6.07, 6.45) is 0.828. The molecule has 1 N–H and O–H groups in total. The van der Waals surface area contributed by atoms with Crippen molar-refractivity contribution in [2.45, 2.75) is 26.3 Å². The minimum absolute atomic E-state index is 0.533. The molecule has 0 rings (SSSR count). The molecular formula is C10H22NO2. The first-order valence-corrected chi connectivity index (χ1v) is 4.95. The number of nitrogens with one attached hydrogen (secondary N) is 1. The van der Waals surface area contributed by atoms with Gasteiger partial charge in [-0.25, -0.2) is 0 Å². The van der Waals surface area contributed by atoms with Crippen molar-refractivity contribution in [2.75, 3.05) is 33.0 Å². The van der Waals surface area contributed by atoms with Crippen molar-refractivity contribution in [3.63, 3.8) is 0 Å². The summed E-state index contributed by atoms with van der Waals surface area (Å²) in [5.41, 5.74) is 0. The lowest BCUT2D eigenvalue weighted by Gasteiger charge is -2.08. The molecule has 3 heteroatoms. The third-order valence-electron chi connectivity index (χ3n) is 1.46. The van der Waals surface area contributed by atoms with Crippen molar-refractivity contribution in [3.8, 4) is 0 Å². The Bertz CT molecular complexity index is 96.9. The van der Waals surface area contributed by atoms with E-state index in [-0.39, 0.29) is 0 Å². The molecule has 0 atom stereocenters. The van der Waals surface area contributed by atoms with Crippen molar-refractivity contribution in [3.05, 3.63) is 6.92 Å².